The Labute approximate surface area is 273 Å². The van der Waals surface area contributed by atoms with Crippen molar-refractivity contribution >= 4 is 27.5 Å². The number of benzene rings is 3. The minimum Gasteiger partial charge on any atom is -0.508 e. The maximum atomic E-state index is 17.2. The van der Waals surface area contributed by atoms with Crippen LogP contribution < -0.4 is 15.0 Å². The second-order valence-corrected chi connectivity index (χ2v) is 14.7. The molecule has 4 bridgehead atoms. The van der Waals surface area contributed by atoms with Gasteiger partial charge in [-0.25, -0.2) is 8.78 Å². The average Bonchev–Trinajstić information content (AvgIpc) is 3.32. The number of aromatic hydroxyl groups is 1. The van der Waals surface area contributed by atoms with Gasteiger partial charge in [0.1, 0.15) is 22.9 Å². The SMILES string of the molecule is CCc1c(F)ccc2cc(O)cc(-c3c(C)cc4c(N5CC6CCC(C5)N6)nc(OCC5(CN6C[C@H]7C[C@@H]6CO7)CC5)nc4c3F)c12. The van der Waals surface area contributed by atoms with E-state index >= 15 is 8.78 Å². The first kappa shape index (κ1) is 29.5. The van der Waals surface area contributed by atoms with Gasteiger partial charge in [0.25, 0.3) is 0 Å². The number of ether oxygens (including phenoxy) is 2. The van der Waals surface area contributed by atoms with Gasteiger partial charge in [-0.05, 0) is 97.2 Å². The lowest BCUT2D eigenvalue weighted by Gasteiger charge is -2.34. The Bertz CT molecular complexity index is 1900. The largest absolute Gasteiger partial charge is 0.508 e. The normalized spacial score (nSPS) is 26.2. The summed E-state index contributed by atoms with van der Waals surface area (Å²) in [5.74, 6) is -0.171. The fraction of sp³-hybridized carbons (Fsp3) is 0.514. The van der Waals surface area contributed by atoms with E-state index in [4.69, 9.17) is 19.4 Å². The van der Waals surface area contributed by atoms with Crippen LogP contribution in [0.15, 0.2) is 30.3 Å². The van der Waals surface area contributed by atoms with E-state index in [1.165, 1.54) is 6.07 Å². The van der Waals surface area contributed by atoms with Crippen molar-refractivity contribution in [2.24, 2.45) is 5.41 Å². The molecule has 4 aromatic rings. The molecule has 8 nitrogen and oxygen atoms in total. The molecule has 1 saturated carbocycles. The molecule has 5 heterocycles. The molecule has 4 aliphatic heterocycles. The number of piperazine rings is 1. The third-order valence-corrected chi connectivity index (χ3v) is 11.4. The molecule has 4 atom stereocenters. The minimum atomic E-state index is -0.515. The molecular formula is C37H41F2N5O3. The highest BCUT2D eigenvalue weighted by Gasteiger charge is 2.49. The standard InChI is InChI=1S/C37H41F2N5O3/c1-3-27-30(38)7-4-21-11-25(45)13-28(32(21)27)31-20(2)10-29-34(33(31)39)41-36(42-35(29)43-14-22-5-6-23(15-43)40-22)47-19-37(8-9-37)18-44-16-26-12-24(44)17-46-26/h4,7,10-11,13,22-24,26,40,45H,3,5-6,8-9,12,14-19H2,1-2H3/t22?,23?,24-,26-/m1/s1. The second-order valence-electron chi connectivity index (χ2n) is 14.7. The molecule has 10 heteroatoms. The van der Waals surface area contributed by atoms with Gasteiger partial charge in [0.15, 0.2) is 5.82 Å². The van der Waals surface area contributed by atoms with Crippen molar-refractivity contribution in [1.82, 2.24) is 20.2 Å². The summed E-state index contributed by atoms with van der Waals surface area (Å²) in [5.41, 5.74) is 2.16. The predicted octanol–water partition coefficient (Wildman–Crippen LogP) is 5.88. The molecule has 47 heavy (non-hydrogen) atoms. The van der Waals surface area contributed by atoms with E-state index in [2.05, 4.69) is 15.1 Å². The zero-order chi connectivity index (χ0) is 32.0. The maximum Gasteiger partial charge on any atom is 0.319 e. The number of nitrogens with zero attached hydrogens (tertiary/aromatic N) is 4. The van der Waals surface area contributed by atoms with Crippen LogP contribution in [0.5, 0.6) is 11.8 Å². The topological polar surface area (TPSA) is 83.0 Å². The smallest absolute Gasteiger partial charge is 0.319 e. The Morgan fingerprint density at radius 3 is 2.60 bits per heavy atom. The van der Waals surface area contributed by atoms with Crippen LogP contribution >= 0.6 is 0 Å². The molecule has 2 N–H and O–H groups in total. The summed E-state index contributed by atoms with van der Waals surface area (Å²) in [5, 5.41) is 16.3. The number of likely N-dealkylation sites (tertiary alicyclic amines) is 1. The number of aromatic nitrogens is 2. The van der Waals surface area contributed by atoms with Gasteiger partial charge in [-0.2, -0.15) is 9.97 Å². The van der Waals surface area contributed by atoms with Gasteiger partial charge >= 0.3 is 6.01 Å². The zero-order valence-electron chi connectivity index (χ0n) is 27.0. The highest BCUT2D eigenvalue weighted by Crippen LogP contribution is 2.48. The summed E-state index contributed by atoms with van der Waals surface area (Å²) in [6.45, 7) is 8.56. The van der Waals surface area contributed by atoms with Crippen LogP contribution in [-0.4, -0.2) is 83.6 Å². The Balaban J connectivity index is 1.15. The first-order chi connectivity index (χ1) is 22.8. The molecule has 3 aromatic carbocycles. The molecule has 0 radical (unpaired) electrons. The summed E-state index contributed by atoms with van der Waals surface area (Å²) >= 11 is 0. The molecule has 9 rings (SSSR count). The number of fused-ring (bicyclic) bond motifs is 6. The molecule has 1 aromatic heterocycles. The molecule has 0 amide bonds. The Morgan fingerprint density at radius 2 is 1.89 bits per heavy atom. The number of morpholine rings is 1. The number of aryl methyl sites for hydroxylation is 2. The van der Waals surface area contributed by atoms with E-state index in [-0.39, 0.29) is 28.5 Å². The van der Waals surface area contributed by atoms with Crippen molar-refractivity contribution in [3.05, 3.63) is 53.1 Å². The third-order valence-electron chi connectivity index (χ3n) is 11.4. The van der Waals surface area contributed by atoms with Crippen molar-refractivity contribution in [3.8, 4) is 22.9 Å². The van der Waals surface area contributed by atoms with Gasteiger partial charge in [-0.3, -0.25) is 4.90 Å². The molecule has 5 fully saturated rings. The minimum absolute atomic E-state index is 0.00346. The summed E-state index contributed by atoms with van der Waals surface area (Å²) in [4.78, 5) is 14.5. The van der Waals surface area contributed by atoms with Crippen LogP contribution in [0.1, 0.15) is 50.2 Å². The number of halogens is 2. The Hall–Kier alpha value is -3.60. The fourth-order valence-corrected chi connectivity index (χ4v) is 8.81. The van der Waals surface area contributed by atoms with E-state index in [0.717, 1.165) is 64.9 Å². The first-order valence-electron chi connectivity index (χ1n) is 17.2. The van der Waals surface area contributed by atoms with Crippen LogP contribution in [0.2, 0.25) is 0 Å². The van der Waals surface area contributed by atoms with E-state index in [1.54, 1.807) is 18.2 Å². The third kappa shape index (κ3) is 5.02. The molecule has 5 aliphatic rings. The van der Waals surface area contributed by atoms with E-state index < -0.39 is 5.82 Å². The van der Waals surface area contributed by atoms with Crippen LogP contribution in [0.4, 0.5) is 14.6 Å². The lowest BCUT2D eigenvalue weighted by atomic mass is 9.89. The number of anilines is 1. The van der Waals surface area contributed by atoms with Gasteiger partial charge in [-0.15, -0.1) is 0 Å². The average molecular weight is 642 g/mol. The monoisotopic (exact) mass is 641 g/mol. The maximum absolute atomic E-state index is 17.2. The van der Waals surface area contributed by atoms with E-state index in [1.807, 2.05) is 19.9 Å². The van der Waals surface area contributed by atoms with Crippen molar-refractivity contribution < 1.29 is 23.4 Å². The van der Waals surface area contributed by atoms with Gasteiger partial charge < -0.3 is 24.8 Å². The lowest BCUT2D eigenvalue weighted by molar-refractivity contribution is 0.0176. The molecular weight excluding hydrogens is 600 g/mol. The van der Waals surface area contributed by atoms with Crippen molar-refractivity contribution in [3.63, 3.8) is 0 Å². The summed E-state index contributed by atoms with van der Waals surface area (Å²) < 4.78 is 44.5. The number of phenolic OH excluding ortho intramolecular Hbond substituents is 1. The summed E-state index contributed by atoms with van der Waals surface area (Å²) in [6.07, 6.45) is 6.28. The first-order valence-corrected chi connectivity index (χ1v) is 17.2. The number of hydrogen-bond acceptors (Lipinski definition) is 8. The molecule has 4 saturated heterocycles. The van der Waals surface area contributed by atoms with Gasteiger partial charge in [0.2, 0.25) is 0 Å². The number of phenols is 1. The van der Waals surface area contributed by atoms with Gasteiger partial charge in [-0.1, -0.05) is 13.0 Å². The predicted molar refractivity (Wildman–Crippen MR) is 177 cm³/mol. The molecule has 1 aliphatic carbocycles. The van der Waals surface area contributed by atoms with Crippen LogP contribution in [0.3, 0.4) is 0 Å². The van der Waals surface area contributed by atoms with Crippen LogP contribution in [0.25, 0.3) is 32.8 Å². The van der Waals surface area contributed by atoms with Crippen molar-refractivity contribution in [2.45, 2.75) is 76.6 Å². The highest BCUT2D eigenvalue weighted by molar-refractivity contribution is 6.04. The van der Waals surface area contributed by atoms with E-state index in [0.29, 0.717) is 81.5 Å². The van der Waals surface area contributed by atoms with Crippen molar-refractivity contribution in [1.29, 1.82) is 0 Å². The summed E-state index contributed by atoms with van der Waals surface area (Å²) in [7, 11) is 0. The van der Waals surface area contributed by atoms with E-state index in [9.17, 15) is 5.11 Å². The molecule has 2 unspecified atom stereocenters. The van der Waals surface area contributed by atoms with Gasteiger partial charge in [0.05, 0.1) is 19.3 Å². The molecule has 246 valence electrons. The van der Waals surface area contributed by atoms with Crippen LogP contribution in [-0.2, 0) is 11.2 Å². The Morgan fingerprint density at radius 1 is 1.09 bits per heavy atom. The Kier molecular flexibility index (Phi) is 6.89. The quantitative estimate of drug-likeness (QED) is 0.247. The zero-order valence-corrected chi connectivity index (χ0v) is 27.0. The highest BCUT2D eigenvalue weighted by atomic mass is 19.1. The second kappa shape index (κ2) is 11.0. The number of nitrogens with one attached hydrogen (secondary N) is 1. The number of hydrogen-bond donors (Lipinski definition) is 2. The van der Waals surface area contributed by atoms with Crippen LogP contribution in [0, 0.1) is 24.0 Å². The fourth-order valence-electron chi connectivity index (χ4n) is 8.81. The lowest BCUT2D eigenvalue weighted by Crippen LogP contribution is -2.51. The number of rotatable bonds is 8. The van der Waals surface area contributed by atoms with Crippen molar-refractivity contribution in [2.75, 3.05) is 44.3 Å². The molecule has 0 spiro atoms. The summed E-state index contributed by atoms with van der Waals surface area (Å²) in [6, 6.07) is 9.55. The van der Waals surface area contributed by atoms with Gasteiger partial charge in [0, 0.05) is 60.7 Å².